The van der Waals surface area contributed by atoms with Crippen LogP contribution in [-0.2, 0) is 9.47 Å². The number of nitrogens with one attached hydrogen (secondary N) is 3. The van der Waals surface area contributed by atoms with Gasteiger partial charge in [-0.2, -0.15) is 5.10 Å². The highest BCUT2D eigenvalue weighted by molar-refractivity contribution is 5.85. The number of rotatable bonds is 3. The fourth-order valence-electron chi connectivity index (χ4n) is 3.50. The number of hydrogen-bond donors (Lipinski definition) is 3. The predicted molar refractivity (Wildman–Crippen MR) is 136 cm³/mol. The maximum Gasteiger partial charge on any atom is 0.428 e. The monoisotopic (exact) mass is 484 g/mol. The summed E-state index contributed by atoms with van der Waals surface area (Å²) in [5, 5.41) is 4.13. The molecular weight excluding hydrogens is 436 g/mol. The summed E-state index contributed by atoms with van der Waals surface area (Å²) < 4.78 is 10.3. The van der Waals surface area contributed by atoms with Gasteiger partial charge in [0.15, 0.2) is 0 Å². The van der Waals surface area contributed by atoms with Crippen molar-refractivity contribution >= 4 is 17.9 Å². The van der Waals surface area contributed by atoms with Gasteiger partial charge in [0.25, 0.3) is 0 Å². The van der Waals surface area contributed by atoms with Gasteiger partial charge in [-0.05, 0) is 107 Å². The van der Waals surface area contributed by atoms with Crippen LogP contribution in [0.15, 0.2) is 5.10 Å². The summed E-state index contributed by atoms with van der Waals surface area (Å²) in [5.74, 6) is 0. The number of ether oxygens (including phenoxy) is 2. The first-order valence-electron chi connectivity index (χ1n) is 12.4. The van der Waals surface area contributed by atoms with Gasteiger partial charge in [0.05, 0.1) is 0 Å². The average molecular weight is 485 g/mol. The Morgan fingerprint density at radius 1 is 0.824 bits per heavy atom. The van der Waals surface area contributed by atoms with Crippen molar-refractivity contribution in [3.63, 3.8) is 0 Å². The molecule has 0 radical (unpaired) electrons. The van der Waals surface area contributed by atoms with Crippen molar-refractivity contribution in [2.45, 2.75) is 97.3 Å². The smallest absolute Gasteiger partial charge is 0.428 e. The molecule has 10 heteroatoms. The predicted octanol–water partition coefficient (Wildman–Crippen LogP) is 3.48. The molecule has 0 aromatic heterocycles. The summed E-state index contributed by atoms with van der Waals surface area (Å²) in [6.45, 7) is 15.3. The summed E-state index contributed by atoms with van der Waals surface area (Å²) in [6.07, 6.45) is 5.34. The van der Waals surface area contributed by atoms with Crippen molar-refractivity contribution in [1.82, 2.24) is 26.1 Å². The average Bonchev–Trinajstić information content (AvgIpc) is 3.02. The summed E-state index contributed by atoms with van der Waals surface area (Å²) in [4.78, 5) is 27.4. The molecule has 1 atom stereocenters. The van der Waals surface area contributed by atoms with Crippen LogP contribution in [0.25, 0.3) is 0 Å². The van der Waals surface area contributed by atoms with Crippen molar-refractivity contribution in [3.8, 4) is 0 Å². The van der Waals surface area contributed by atoms with Gasteiger partial charge in [0.2, 0.25) is 0 Å². The topological polar surface area (TPSA) is 108 Å². The number of carbonyl (C=O) groups is 2. The Hall–Kier alpha value is -1.91. The minimum Gasteiger partial charge on any atom is -0.443 e. The van der Waals surface area contributed by atoms with Gasteiger partial charge in [0.1, 0.15) is 11.2 Å². The summed E-state index contributed by atoms with van der Waals surface area (Å²) in [6, 6.07) is 0.340. The molecule has 1 unspecified atom stereocenters. The molecule has 0 aromatic carbocycles. The van der Waals surface area contributed by atoms with Crippen LogP contribution in [0.1, 0.15) is 80.1 Å². The fourth-order valence-corrected chi connectivity index (χ4v) is 3.50. The number of amides is 2. The molecule has 2 aliphatic rings. The molecule has 2 fully saturated rings. The maximum atomic E-state index is 11.4. The van der Waals surface area contributed by atoms with Crippen molar-refractivity contribution in [2.75, 3.05) is 40.3 Å². The maximum absolute atomic E-state index is 11.4. The van der Waals surface area contributed by atoms with Gasteiger partial charge in [-0.3, -0.25) is 5.43 Å². The Labute approximate surface area is 206 Å². The Bertz CT molecular complexity index is 657. The minimum absolute atomic E-state index is 0.340. The van der Waals surface area contributed by atoms with Crippen molar-refractivity contribution < 1.29 is 19.1 Å². The Kier molecular flexibility index (Phi) is 12.8. The van der Waals surface area contributed by atoms with E-state index in [2.05, 4.69) is 45.3 Å². The number of carbonyl (C=O) groups excluding carboxylic acids is 2. The Morgan fingerprint density at radius 3 is 2.06 bits per heavy atom. The van der Waals surface area contributed by atoms with E-state index in [0.717, 1.165) is 70.4 Å². The van der Waals surface area contributed by atoms with Crippen LogP contribution in [0.2, 0.25) is 0 Å². The van der Waals surface area contributed by atoms with Crippen molar-refractivity contribution in [2.24, 2.45) is 5.10 Å². The van der Waals surface area contributed by atoms with Gasteiger partial charge in [0, 0.05) is 24.7 Å². The molecule has 3 N–H and O–H groups in total. The van der Waals surface area contributed by atoms with Gasteiger partial charge in [-0.1, -0.05) is 0 Å². The highest BCUT2D eigenvalue weighted by Gasteiger charge is 2.19. The second kappa shape index (κ2) is 14.5. The normalized spacial score (nSPS) is 22.0. The number of hydrazone groups is 1. The summed E-state index contributed by atoms with van der Waals surface area (Å²) >= 11 is 0. The zero-order chi connectivity index (χ0) is 25.8. The second-order valence-corrected chi connectivity index (χ2v) is 11.2. The van der Waals surface area contributed by atoms with Gasteiger partial charge >= 0.3 is 12.2 Å². The van der Waals surface area contributed by atoms with Crippen LogP contribution in [0.5, 0.6) is 0 Å². The standard InChI is InChI=1S/C12H25N3O2.C12H23N3O2/c2*1-12(2,3)17-11(16)14-13-10-6-5-8-15(4)9-7-10/h10,13H,5-9H2,1-4H3,(H,14,16);5-9H2,1-4H3,(H,14,16). The lowest BCUT2D eigenvalue weighted by molar-refractivity contribution is 0.0483. The molecule has 34 heavy (non-hydrogen) atoms. The van der Waals surface area contributed by atoms with Crippen LogP contribution in [0, 0.1) is 0 Å². The molecule has 0 aliphatic carbocycles. The lowest BCUT2D eigenvalue weighted by atomic mass is 10.1. The van der Waals surface area contributed by atoms with Gasteiger partial charge in [-0.25, -0.2) is 20.4 Å². The van der Waals surface area contributed by atoms with E-state index in [1.165, 1.54) is 0 Å². The molecule has 2 rings (SSSR count). The summed E-state index contributed by atoms with van der Waals surface area (Å²) in [5.41, 5.74) is 8.25. The largest absolute Gasteiger partial charge is 0.443 e. The quantitative estimate of drug-likeness (QED) is 0.526. The summed E-state index contributed by atoms with van der Waals surface area (Å²) in [7, 11) is 4.23. The zero-order valence-corrected chi connectivity index (χ0v) is 22.6. The highest BCUT2D eigenvalue weighted by atomic mass is 16.6. The van der Waals surface area contributed by atoms with Crippen LogP contribution >= 0.6 is 0 Å². The molecule has 10 nitrogen and oxygen atoms in total. The molecule has 198 valence electrons. The molecule has 2 heterocycles. The molecule has 0 spiro atoms. The van der Waals surface area contributed by atoms with E-state index in [4.69, 9.17) is 9.47 Å². The first-order valence-corrected chi connectivity index (χ1v) is 12.4. The lowest BCUT2D eigenvalue weighted by Gasteiger charge is -2.22. The second-order valence-electron chi connectivity index (χ2n) is 11.2. The third-order valence-corrected chi connectivity index (χ3v) is 5.22. The van der Waals surface area contributed by atoms with Crippen LogP contribution in [0.4, 0.5) is 9.59 Å². The third kappa shape index (κ3) is 15.8. The van der Waals surface area contributed by atoms with E-state index >= 15 is 0 Å². The number of likely N-dealkylation sites (tertiary alicyclic amines) is 2. The molecule has 0 bridgehead atoms. The molecule has 0 saturated carbocycles. The third-order valence-electron chi connectivity index (χ3n) is 5.22. The van der Waals surface area contributed by atoms with E-state index in [9.17, 15) is 9.59 Å². The van der Waals surface area contributed by atoms with Gasteiger partial charge < -0.3 is 19.3 Å². The highest BCUT2D eigenvalue weighted by Crippen LogP contribution is 2.10. The first-order chi connectivity index (χ1) is 15.7. The SMILES string of the molecule is CN1CCCC(=NNC(=O)OC(C)(C)C)CC1.CN1CCCC(NNC(=O)OC(C)(C)C)CC1. The minimum atomic E-state index is -0.484. The Morgan fingerprint density at radius 2 is 1.41 bits per heavy atom. The molecule has 2 amide bonds. The molecule has 0 aromatic rings. The van der Waals surface area contributed by atoms with Crippen LogP contribution < -0.4 is 16.3 Å². The number of hydrazine groups is 1. The van der Waals surface area contributed by atoms with Crippen molar-refractivity contribution in [1.29, 1.82) is 0 Å². The van der Waals surface area contributed by atoms with Gasteiger partial charge in [-0.15, -0.1) is 0 Å². The zero-order valence-electron chi connectivity index (χ0n) is 22.6. The number of nitrogens with zero attached hydrogens (tertiary/aromatic N) is 3. The van der Waals surface area contributed by atoms with E-state index < -0.39 is 23.4 Å². The Balaban J connectivity index is 0.000000340. The van der Waals surface area contributed by atoms with Crippen LogP contribution in [-0.4, -0.2) is 85.2 Å². The van der Waals surface area contributed by atoms with E-state index in [1.54, 1.807) is 0 Å². The first kappa shape index (κ1) is 30.1. The van der Waals surface area contributed by atoms with E-state index in [-0.39, 0.29) is 0 Å². The molecule has 2 aliphatic heterocycles. The van der Waals surface area contributed by atoms with Crippen LogP contribution in [0.3, 0.4) is 0 Å². The van der Waals surface area contributed by atoms with E-state index in [0.29, 0.717) is 6.04 Å². The fraction of sp³-hybridized carbons (Fsp3) is 0.875. The molecular formula is C24H48N6O4. The number of hydrogen-bond acceptors (Lipinski definition) is 8. The molecule has 2 saturated heterocycles. The van der Waals surface area contributed by atoms with Crippen molar-refractivity contribution in [3.05, 3.63) is 0 Å². The van der Waals surface area contributed by atoms with E-state index in [1.807, 2.05) is 41.5 Å². The lowest BCUT2D eigenvalue weighted by Crippen LogP contribution is -2.46.